The summed E-state index contributed by atoms with van der Waals surface area (Å²) in [5.41, 5.74) is 5.04. The van der Waals surface area contributed by atoms with Crippen LogP contribution in [0.15, 0.2) is 0 Å². The van der Waals surface area contributed by atoms with Crippen molar-refractivity contribution in [2.75, 3.05) is 13.2 Å². The zero-order valence-corrected chi connectivity index (χ0v) is 6.92. The molecular weight excluding hydrogens is 160 g/mol. The predicted molar refractivity (Wildman–Crippen MR) is 40.9 cm³/mol. The van der Waals surface area contributed by atoms with Gasteiger partial charge < -0.3 is 4.74 Å². The van der Waals surface area contributed by atoms with Crippen LogP contribution < -0.4 is 10.9 Å². The van der Waals surface area contributed by atoms with Crippen molar-refractivity contribution in [3.8, 4) is 0 Å². The van der Waals surface area contributed by atoms with Crippen molar-refractivity contribution in [2.45, 2.75) is 13.3 Å². The standard InChI is InChI=1S/C7H12N2O3/c1-2-12-7(11)5-3-6(10)9-8-4-5/h5,8H,2-4H2,1H3,(H,9,10). The fraction of sp³-hybridized carbons (Fsp3) is 0.714. The van der Waals surface area contributed by atoms with Crippen LogP contribution >= 0.6 is 0 Å². The maximum absolute atomic E-state index is 11.1. The van der Waals surface area contributed by atoms with Gasteiger partial charge in [0, 0.05) is 13.0 Å². The van der Waals surface area contributed by atoms with Gasteiger partial charge in [-0.05, 0) is 6.92 Å². The van der Waals surface area contributed by atoms with E-state index < -0.39 is 0 Å². The summed E-state index contributed by atoms with van der Waals surface area (Å²) in [5, 5.41) is 0. The third-order valence-electron chi connectivity index (χ3n) is 1.63. The number of nitrogens with one attached hydrogen (secondary N) is 2. The van der Waals surface area contributed by atoms with Gasteiger partial charge in [0.15, 0.2) is 0 Å². The molecule has 0 bridgehead atoms. The van der Waals surface area contributed by atoms with Crippen molar-refractivity contribution >= 4 is 11.9 Å². The van der Waals surface area contributed by atoms with Gasteiger partial charge in [-0.3, -0.25) is 15.0 Å². The average molecular weight is 172 g/mol. The highest BCUT2D eigenvalue weighted by atomic mass is 16.5. The minimum absolute atomic E-state index is 0.167. The first-order valence-corrected chi connectivity index (χ1v) is 3.92. The van der Waals surface area contributed by atoms with Gasteiger partial charge in [-0.15, -0.1) is 0 Å². The Labute approximate surface area is 70.4 Å². The molecule has 1 fully saturated rings. The van der Waals surface area contributed by atoms with Crippen LogP contribution in [0, 0.1) is 5.92 Å². The van der Waals surface area contributed by atoms with Crippen LogP contribution in [-0.4, -0.2) is 25.0 Å². The lowest BCUT2D eigenvalue weighted by molar-refractivity contribution is -0.151. The lowest BCUT2D eigenvalue weighted by Crippen LogP contribution is -2.49. The van der Waals surface area contributed by atoms with E-state index in [0.29, 0.717) is 13.2 Å². The Balaban J connectivity index is 2.40. The Bertz CT molecular complexity index is 193. The average Bonchev–Trinajstić information content (AvgIpc) is 2.05. The molecule has 1 aliphatic rings. The molecule has 0 aromatic carbocycles. The molecule has 0 spiro atoms. The van der Waals surface area contributed by atoms with Gasteiger partial charge in [0.25, 0.3) is 0 Å². The fourth-order valence-electron chi connectivity index (χ4n) is 1.05. The molecule has 68 valence electrons. The first-order valence-electron chi connectivity index (χ1n) is 3.92. The van der Waals surface area contributed by atoms with E-state index in [2.05, 4.69) is 10.9 Å². The number of amides is 1. The number of hydrogen-bond acceptors (Lipinski definition) is 4. The molecule has 5 heteroatoms. The molecule has 1 aliphatic heterocycles. The molecular formula is C7H12N2O3. The van der Waals surface area contributed by atoms with Crippen LogP contribution in [0.1, 0.15) is 13.3 Å². The summed E-state index contributed by atoms with van der Waals surface area (Å²) in [6.07, 6.45) is 0.214. The number of hydrazine groups is 1. The van der Waals surface area contributed by atoms with Crippen molar-refractivity contribution in [2.24, 2.45) is 5.92 Å². The van der Waals surface area contributed by atoms with Gasteiger partial charge in [0.1, 0.15) is 0 Å². The summed E-state index contributed by atoms with van der Waals surface area (Å²) in [7, 11) is 0. The topological polar surface area (TPSA) is 67.4 Å². The molecule has 0 saturated carbocycles. The second-order valence-corrected chi connectivity index (χ2v) is 2.58. The molecule has 2 N–H and O–H groups in total. The number of rotatable bonds is 2. The summed E-state index contributed by atoms with van der Waals surface area (Å²) < 4.78 is 4.77. The highest BCUT2D eigenvalue weighted by molar-refractivity contribution is 5.83. The summed E-state index contributed by atoms with van der Waals surface area (Å²) in [4.78, 5) is 21.9. The van der Waals surface area contributed by atoms with Crippen LogP contribution in [0.4, 0.5) is 0 Å². The van der Waals surface area contributed by atoms with Gasteiger partial charge in [-0.2, -0.15) is 0 Å². The zero-order valence-electron chi connectivity index (χ0n) is 6.92. The highest BCUT2D eigenvalue weighted by Crippen LogP contribution is 2.06. The number of hydrogen-bond donors (Lipinski definition) is 2. The van der Waals surface area contributed by atoms with Crippen LogP contribution in [0.5, 0.6) is 0 Å². The molecule has 0 aliphatic carbocycles. The lowest BCUT2D eigenvalue weighted by atomic mass is 10.0. The quantitative estimate of drug-likeness (QED) is 0.534. The van der Waals surface area contributed by atoms with Gasteiger partial charge in [0.2, 0.25) is 5.91 Å². The van der Waals surface area contributed by atoms with E-state index in [1.807, 2.05) is 0 Å². The second-order valence-electron chi connectivity index (χ2n) is 2.58. The van der Waals surface area contributed by atoms with Gasteiger partial charge >= 0.3 is 5.97 Å². The van der Waals surface area contributed by atoms with Crippen molar-refractivity contribution in [3.63, 3.8) is 0 Å². The third-order valence-corrected chi connectivity index (χ3v) is 1.63. The number of esters is 1. The molecule has 1 rings (SSSR count). The summed E-state index contributed by atoms with van der Waals surface area (Å²) in [6, 6.07) is 0. The minimum Gasteiger partial charge on any atom is -0.466 e. The van der Waals surface area contributed by atoms with E-state index in [4.69, 9.17) is 4.74 Å². The predicted octanol–water partition coefficient (Wildman–Crippen LogP) is -0.810. The van der Waals surface area contributed by atoms with E-state index >= 15 is 0 Å². The molecule has 1 atom stereocenters. The van der Waals surface area contributed by atoms with E-state index in [1.54, 1.807) is 6.92 Å². The van der Waals surface area contributed by atoms with Crippen LogP contribution in [0.3, 0.4) is 0 Å². The van der Waals surface area contributed by atoms with Crippen molar-refractivity contribution in [1.82, 2.24) is 10.9 Å². The van der Waals surface area contributed by atoms with Crippen molar-refractivity contribution in [3.05, 3.63) is 0 Å². The largest absolute Gasteiger partial charge is 0.466 e. The summed E-state index contributed by atoms with van der Waals surface area (Å²) in [5.74, 6) is -0.808. The van der Waals surface area contributed by atoms with E-state index in [-0.39, 0.29) is 24.2 Å². The molecule has 5 nitrogen and oxygen atoms in total. The maximum atomic E-state index is 11.1. The maximum Gasteiger partial charge on any atom is 0.310 e. The Morgan fingerprint density at radius 3 is 3.08 bits per heavy atom. The van der Waals surface area contributed by atoms with E-state index in [0.717, 1.165) is 0 Å². The summed E-state index contributed by atoms with van der Waals surface area (Å²) >= 11 is 0. The zero-order chi connectivity index (χ0) is 8.97. The molecule has 1 heterocycles. The van der Waals surface area contributed by atoms with Crippen LogP contribution in [0.2, 0.25) is 0 Å². The van der Waals surface area contributed by atoms with Crippen LogP contribution in [0.25, 0.3) is 0 Å². The molecule has 1 unspecified atom stereocenters. The summed E-state index contributed by atoms with van der Waals surface area (Å²) in [6.45, 7) is 2.55. The molecule has 0 aromatic heterocycles. The van der Waals surface area contributed by atoms with E-state index in [1.165, 1.54) is 0 Å². The Morgan fingerprint density at radius 1 is 1.75 bits per heavy atom. The van der Waals surface area contributed by atoms with Crippen molar-refractivity contribution < 1.29 is 14.3 Å². The highest BCUT2D eigenvalue weighted by Gasteiger charge is 2.26. The Hall–Kier alpha value is -1.10. The Kier molecular flexibility index (Phi) is 3.04. The van der Waals surface area contributed by atoms with Crippen LogP contribution in [-0.2, 0) is 14.3 Å². The molecule has 12 heavy (non-hydrogen) atoms. The van der Waals surface area contributed by atoms with E-state index in [9.17, 15) is 9.59 Å². The smallest absolute Gasteiger partial charge is 0.310 e. The molecule has 0 aromatic rings. The SMILES string of the molecule is CCOC(=O)C1CNNC(=O)C1. The first-order chi connectivity index (χ1) is 5.74. The third kappa shape index (κ3) is 2.20. The first kappa shape index (κ1) is 8.99. The monoisotopic (exact) mass is 172 g/mol. The minimum atomic E-state index is -0.335. The molecule has 1 saturated heterocycles. The van der Waals surface area contributed by atoms with Gasteiger partial charge in [-0.25, -0.2) is 5.43 Å². The van der Waals surface area contributed by atoms with Gasteiger partial charge in [-0.1, -0.05) is 0 Å². The lowest BCUT2D eigenvalue weighted by Gasteiger charge is -2.20. The molecule has 0 radical (unpaired) electrons. The molecule has 1 amide bonds. The fourth-order valence-corrected chi connectivity index (χ4v) is 1.05. The van der Waals surface area contributed by atoms with Crippen molar-refractivity contribution in [1.29, 1.82) is 0 Å². The number of carbonyl (C=O) groups is 2. The van der Waals surface area contributed by atoms with Gasteiger partial charge in [0.05, 0.1) is 12.5 Å². The number of ether oxygens (including phenoxy) is 1. The normalized spacial score (nSPS) is 23.1. The second kappa shape index (κ2) is 4.06. The number of carbonyl (C=O) groups excluding carboxylic acids is 2. The Morgan fingerprint density at radius 2 is 2.50 bits per heavy atom.